The van der Waals surface area contributed by atoms with Gasteiger partial charge in [-0.2, -0.15) is 11.3 Å². The van der Waals surface area contributed by atoms with Crippen molar-refractivity contribution in [2.75, 3.05) is 13.1 Å². The Morgan fingerprint density at radius 3 is 2.57 bits per heavy atom. The molecule has 0 radical (unpaired) electrons. The van der Waals surface area contributed by atoms with Gasteiger partial charge in [-0.15, -0.1) is 0 Å². The standard InChI is InChI=1S/C21H21BrN2O2S2/c22-19-7-3-4-8-21(19)28(25,26)23-13-20(18-10-12-27-15-18)24-11-9-16-5-1-2-6-17(16)14-24/h1-8,10,12,15,20,23H,9,11,13-14H2. The Labute approximate surface area is 178 Å². The molecular weight excluding hydrogens is 456 g/mol. The second-order valence-corrected chi connectivity index (χ2v) is 10.2. The van der Waals surface area contributed by atoms with Gasteiger partial charge in [0.25, 0.3) is 0 Å². The van der Waals surface area contributed by atoms with Gasteiger partial charge < -0.3 is 0 Å². The van der Waals surface area contributed by atoms with E-state index in [1.165, 1.54) is 11.1 Å². The van der Waals surface area contributed by atoms with E-state index in [4.69, 9.17) is 0 Å². The van der Waals surface area contributed by atoms with E-state index in [0.717, 1.165) is 25.1 Å². The fourth-order valence-electron chi connectivity index (χ4n) is 3.64. The number of rotatable bonds is 6. The second kappa shape index (κ2) is 8.47. The molecule has 3 aromatic rings. The molecule has 0 saturated carbocycles. The molecule has 0 fully saturated rings. The first-order chi connectivity index (χ1) is 13.5. The normalized spacial score (nSPS) is 15.9. The van der Waals surface area contributed by atoms with Crippen molar-refractivity contribution in [1.82, 2.24) is 9.62 Å². The minimum Gasteiger partial charge on any atom is -0.290 e. The maximum atomic E-state index is 12.9. The van der Waals surface area contributed by atoms with E-state index in [0.29, 0.717) is 11.0 Å². The van der Waals surface area contributed by atoms with E-state index in [1.54, 1.807) is 29.5 Å². The molecule has 0 bridgehead atoms. The average molecular weight is 477 g/mol. The summed E-state index contributed by atoms with van der Waals surface area (Å²) >= 11 is 4.98. The zero-order valence-corrected chi connectivity index (χ0v) is 18.4. The van der Waals surface area contributed by atoms with Crippen molar-refractivity contribution in [2.45, 2.75) is 23.9 Å². The molecule has 0 saturated heterocycles. The Hall–Kier alpha value is -1.51. The number of thiophene rings is 1. The van der Waals surface area contributed by atoms with Crippen LogP contribution in [0.2, 0.25) is 0 Å². The average Bonchev–Trinajstić information content (AvgIpc) is 3.22. The van der Waals surface area contributed by atoms with Crippen LogP contribution in [0.25, 0.3) is 0 Å². The SMILES string of the molecule is O=S(=O)(NCC(c1ccsc1)N1CCc2ccccc2C1)c1ccccc1Br. The topological polar surface area (TPSA) is 49.4 Å². The lowest BCUT2D eigenvalue weighted by atomic mass is 9.97. The number of sulfonamides is 1. The van der Waals surface area contributed by atoms with Gasteiger partial charge in [-0.05, 0) is 68.0 Å². The smallest absolute Gasteiger partial charge is 0.241 e. The molecule has 7 heteroatoms. The van der Waals surface area contributed by atoms with E-state index >= 15 is 0 Å². The first kappa shape index (κ1) is 19.8. The molecular formula is C21H21BrN2O2S2. The highest BCUT2D eigenvalue weighted by atomic mass is 79.9. The van der Waals surface area contributed by atoms with Crippen molar-refractivity contribution in [3.63, 3.8) is 0 Å². The molecule has 1 unspecified atom stereocenters. The lowest BCUT2D eigenvalue weighted by Gasteiger charge is -2.35. The van der Waals surface area contributed by atoms with Gasteiger partial charge >= 0.3 is 0 Å². The van der Waals surface area contributed by atoms with Crippen molar-refractivity contribution in [1.29, 1.82) is 0 Å². The summed E-state index contributed by atoms with van der Waals surface area (Å²) in [6.07, 6.45) is 0.980. The number of nitrogens with zero attached hydrogens (tertiary/aromatic N) is 1. The summed E-state index contributed by atoms with van der Waals surface area (Å²) in [5.74, 6) is 0. The molecule has 4 rings (SSSR count). The molecule has 0 spiro atoms. The number of nitrogens with one attached hydrogen (secondary N) is 1. The number of hydrogen-bond acceptors (Lipinski definition) is 4. The molecule has 146 valence electrons. The summed E-state index contributed by atoms with van der Waals surface area (Å²) in [5.41, 5.74) is 3.86. The molecule has 0 amide bonds. The highest BCUT2D eigenvalue weighted by molar-refractivity contribution is 9.10. The molecule has 1 atom stereocenters. The number of fused-ring (bicyclic) bond motifs is 1. The van der Waals surface area contributed by atoms with Gasteiger partial charge in [0.1, 0.15) is 0 Å². The first-order valence-corrected chi connectivity index (χ1v) is 12.3. The van der Waals surface area contributed by atoms with E-state index in [9.17, 15) is 8.42 Å². The third-order valence-corrected chi connectivity index (χ3v) is 8.26. The van der Waals surface area contributed by atoms with E-state index < -0.39 is 10.0 Å². The zero-order valence-electron chi connectivity index (χ0n) is 15.2. The highest BCUT2D eigenvalue weighted by Crippen LogP contribution is 2.29. The highest BCUT2D eigenvalue weighted by Gasteiger charge is 2.27. The van der Waals surface area contributed by atoms with Crippen LogP contribution < -0.4 is 4.72 Å². The second-order valence-electron chi connectivity index (χ2n) is 6.84. The Morgan fingerprint density at radius 2 is 1.82 bits per heavy atom. The summed E-state index contributed by atoms with van der Waals surface area (Å²) < 4.78 is 29.1. The minimum absolute atomic E-state index is 0.00290. The van der Waals surface area contributed by atoms with Gasteiger partial charge in [0, 0.05) is 30.1 Å². The fourth-order valence-corrected chi connectivity index (χ4v) is 6.38. The van der Waals surface area contributed by atoms with Gasteiger partial charge in [0.15, 0.2) is 0 Å². The summed E-state index contributed by atoms with van der Waals surface area (Å²) in [7, 11) is -3.60. The van der Waals surface area contributed by atoms with Crippen molar-refractivity contribution < 1.29 is 8.42 Å². The lowest BCUT2D eigenvalue weighted by molar-refractivity contribution is 0.181. The van der Waals surface area contributed by atoms with E-state index in [2.05, 4.69) is 61.3 Å². The van der Waals surface area contributed by atoms with Crippen LogP contribution in [0.1, 0.15) is 22.7 Å². The number of hydrogen-bond donors (Lipinski definition) is 1. The summed E-state index contributed by atoms with van der Waals surface area (Å²) in [6, 6.07) is 17.5. The van der Waals surface area contributed by atoms with Crippen LogP contribution in [-0.2, 0) is 23.0 Å². The summed E-state index contributed by atoms with van der Waals surface area (Å²) in [6.45, 7) is 2.07. The largest absolute Gasteiger partial charge is 0.290 e. The number of halogens is 1. The van der Waals surface area contributed by atoms with Gasteiger partial charge in [0.05, 0.1) is 4.90 Å². The third-order valence-electron chi connectivity index (χ3n) is 5.12. The van der Waals surface area contributed by atoms with Crippen LogP contribution >= 0.6 is 27.3 Å². The van der Waals surface area contributed by atoms with Gasteiger partial charge in [-0.1, -0.05) is 36.4 Å². The minimum atomic E-state index is -3.60. The van der Waals surface area contributed by atoms with Crippen LogP contribution in [0, 0.1) is 0 Å². The van der Waals surface area contributed by atoms with Crippen LogP contribution in [0.15, 0.2) is 74.7 Å². The summed E-state index contributed by atoms with van der Waals surface area (Å²) in [4.78, 5) is 2.63. The quantitative estimate of drug-likeness (QED) is 0.565. The van der Waals surface area contributed by atoms with Gasteiger partial charge in [-0.3, -0.25) is 4.90 Å². The first-order valence-electron chi connectivity index (χ1n) is 9.12. The van der Waals surface area contributed by atoms with Crippen molar-refractivity contribution >= 4 is 37.3 Å². The van der Waals surface area contributed by atoms with Crippen molar-refractivity contribution in [2.24, 2.45) is 0 Å². The Kier molecular flexibility index (Phi) is 5.99. The Bertz CT molecular complexity index is 1050. The van der Waals surface area contributed by atoms with Crippen LogP contribution in [0.5, 0.6) is 0 Å². The van der Waals surface area contributed by atoms with Crippen molar-refractivity contribution in [3.05, 3.63) is 86.5 Å². The predicted molar refractivity (Wildman–Crippen MR) is 117 cm³/mol. The molecule has 1 aliphatic rings. The Morgan fingerprint density at radius 1 is 1.07 bits per heavy atom. The lowest BCUT2D eigenvalue weighted by Crippen LogP contribution is -2.40. The third kappa shape index (κ3) is 4.23. The molecule has 1 aromatic heterocycles. The predicted octanol–water partition coefficient (Wildman–Crippen LogP) is 4.59. The molecule has 28 heavy (non-hydrogen) atoms. The number of benzene rings is 2. The monoisotopic (exact) mass is 476 g/mol. The molecule has 2 aromatic carbocycles. The zero-order chi connectivity index (χ0) is 19.6. The van der Waals surface area contributed by atoms with Crippen molar-refractivity contribution in [3.8, 4) is 0 Å². The summed E-state index contributed by atoms with van der Waals surface area (Å²) in [5, 5.41) is 4.15. The van der Waals surface area contributed by atoms with Gasteiger partial charge in [-0.25, -0.2) is 13.1 Å². The maximum Gasteiger partial charge on any atom is 0.241 e. The van der Waals surface area contributed by atoms with Gasteiger partial charge in [0.2, 0.25) is 10.0 Å². The molecule has 1 aliphatic heterocycles. The van der Waals surface area contributed by atoms with Crippen LogP contribution in [0.4, 0.5) is 0 Å². The fraction of sp³-hybridized carbons (Fsp3) is 0.238. The Balaban J connectivity index is 1.56. The maximum absolute atomic E-state index is 12.9. The van der Waals surface area contributed by atoms with Crippen LogP contribution in [-0.4, -0.2) is 26.4 Å². The molecule has 4 nitrogen and oxygen atoms in total. The molecule has 2 heterocycles. The van der Waals surface area contributed by atoms with E-state index in [1.807, 2.05) is 11.4 Å². The van der Waals surface area contributed by atoms with Crippen LogP contribution in [0.3, 0.4) is 0 Å². The molecule has 0 aliphatic carbocycles. The molecule has 1 N–H and O–H groups in total. The van der Waals surface area contributed by atoms with E-state index in [-0.39, 0.29) is 10.9 Å².